The fourth-order valence-corrected chi connectivity index (χ4v) is 1.36. The lowest BCUT2D eigenvalue weighted by Crippen LogP contribution is -2.30. The maximum Gasteiger partial charge on any atom is 0.257 e. The van der Waals surface area contributed by atoms with Crippen LogP contribution in [0.4, 0.5) is 0 Å². The second-order valence-corrected chi connectivity index (χ2v) is 3.60. The molecule has 2 N–H and O–H groups in total. The maximum atomic E-state index is 11.9. The number of aromatic hydroxyl groups is 2. The molecule has 5 nitrogen and oxygen atoms in total. The van der Waals surface area contributed by atoms with Crippen LogP contribution in [0.25, 0.3) is 0 Å². The van der Waals surface area contributed by atoms with Crippen molar-refractivity contribution in [2.75, 3.05) is 26.8 Å². The van der Waals surface area contributed by atoms with E-state index in [2.05, 4.69) is 0 Å². The summed E-state index contributed by atoms with van der Waals surface area (Å²) in [6, 6.07) is 4.31. The summed E-state index contributed by atoms with van der Waals surface area (Å²) >= 11 is 0. The number of carbonyl (C=O) groups is 1. The van der Waals surface area contributed by atoms with Crippen LogP contribution >= 0.6 is 0 Å². The summed E-state index contributed by atoms with van der Waals surface area (Å²) in [4.78, 5) is 13.3. The van der Waals surface area contributed by atoms with E-state index in [9.17, 15) is 15.0 Å². The van der Waals surface area contributed by atoms with Crippen LogP contribution in [-0.2, 0) is 4.74 Å². The third-order valence-electron chi connectivity index (χ3n) is 2.37. The molecule has 0 heterocycles. The van der Waals surface area contributed by atoms with Gasteiger partial charge in [0.2, 0.25) is 0 Å². The molecule has 5 heteroatoms. The zero-order chi connectivity index (χ0) is 12.8. The quantitative estimate of drug-likeness (QED) is 0.598. The second kappa shape index (κ2) is 6.10. The van der Waals surface area contributed by atoms with Gasteiger partial charge in [-0.15, -0.1) is 0 Å². The maximum absolute atomic E-state index is 11.9. The van der Waals surface area contributed by atoms with Crippen LogP contribution in [0, 0.1) is 0 Å². The van der Waals surface area contributed by atoms with E-state index in [1.165, 1.54) is 23.1 Å². The number of hydrogen-bond donors (Lipinski definition) is 2. The Morgan fingerprint density at radius 2 is 2.12 bits per heavy atom. The molecule has 0 saturated carbocycles. The molecule has 1 rings (SSSR count). The van der Waals surface area contributed by atoms with Crippen LogP contribution in [0.3, 0.4) is 0 Å². The Balaban J connectivity index is 2.71. The molecule has 0 atom stereocenters. The van der Waals surface area contributed by atoms with Crippen molar-refractivity contribution in [2.45, 2.75) is 6.92 Å². The lowest BCUT2D eigenvalue weighted by molar-refractivity contribution is 0.0706. The van der Waals surface area contributed by atoms with Gasteiger partial charge >= 0.3 is 0 Å². The molecule has 0 aliphatic rings. The molecule has 0 spiro atoms. The molecule has 0 aliphatic heterocycles. The van der Waals surface area contributed by atoms with E-state index in [1.807, 2.05) is 6.92 Å². The topological polar surface area (TPSA) is 70.0 Å². The molecular formula is C12H17NO4. The number of ether oxygens (including phenoxy) is 1. The summed E-state index contributed by atoms with van der Waals surface area (Å²) in [6.45, 7) is 3.35. The minimum absolute atomic E-state index is 0.0870. The van der Waals surface area contributed by atoms with Gasteiger partial charge in [0.25, 0.3) is 5.91 Å². The normalized spacial score (nSPS) is 10.2. The van der Waals surface area contributed by atoms with Gasteiger partial charge in [0.15, 0.2) is 11.5 Å². The summed E-state index contributed by atoms with van der Waals surface area (Å²) in [5.41, 5.74) is 0.0870. The van der Waals surface area contributed by atoms with E-state index in [-0.39, 0.29) is 23.0 Å². The van der Waals surface area contributed by atoms with Gasteiger partial charge in [0.1, 0.15) is 0 Å². The molecule has 17 heavy (non-hydrogen) atoms. The molecule has 94 valence electrons. The van der Waals surface area contributed by atoms with Crippen molar-refractivity contribution < 1.29 is 19.7 Å². The first-order valence-electron chi connectivity index (χ1n) is 5.42. The number of benzene rings is 1. The second-order valence-electron chi connectivity index (χ2n) is 3.60. The number of hydrogen-bond acceptors (Lipinski definition) is 4. The minimum Gasteiger partial charge on any atom is -0.504 e. The predicted molar refractivity (Wildman–Crippen MR) is 63.2 cm³/mol. The number of para-hydroxylation sites is 1. The first kappa shape index (κ1) is 13.3. The molecule has 0 saturated heterocycles. The molecule has 0 bridgehead atoms. The van der Waals surface area contributed by atoms with Crippen molar-refractivity contribution in [3.8, 4) is 11.5 Å². The van der Waals surface area contributed by atoms with Crippen molar-refractivity contribution in [3.05, 3.63) is 23.8 Å². The van der Waals surface area contributed by atoms with Gasteiger partial charge in [-0.3, -0.25) is 4.79 Å². The van der Waals surface area contributed by atoms with Gasteiger partial charge in [0, 0.05) is 20.2 Å². The summed E-state index contributed by atoms with van der Waals surface area (Å²) in [7, 11) is 1.62. The van der Waals surface area contributed by atoms with Crippen molar-refractivity contribution in [1.82, 2.24) is 4.90 Å². The van der Waals surface area contributed by atoms with Crippen molar-refractivity contribution in [1.29, 1.82) is 0 Å². The number of rotatable bonds is 5. The number of nitrogens with zero attached hydrogens (tertiary/aromatic N) is 1. The third kappa shape index (κ3) is 3.35. The third-order valence-corrected chi connectivity index (χ3v) is 2.37. The minimum atomic E-state index is -0.388. The highest BCUT2D eigenvalue weighted by atomic mass is 16.5. The van der Waals surface area contributed by atoms with Gasteiger partial charge in [-0.05, 0) is 19.1 Å². The lowest BCUT2D eigenvalue weighted by Gasteiger charge is -2.17. The zero-order valence-corrected chi connectivity index (χ0v) is 10.0. The SMILES string of the molecule is CCOCCN(C)C(=O)c1cccc(O)c1O. The standard InChI is InChI=1S/C12H17NO4/c1-3-17-8-7-13(2)12(16)9-5-4-6-10(14)11(9)15/h4-6,14-15H,3,7-8H2,1-2H3. The highest BCUT2D eigenvalue weighted by molar-refractivity contribution is 5.97. The Morgan fingerprint density at radius 3 is 2.76 bits per heavy atom. The Hall–Kier alpha value is -1.75. The number of carbonyl (C=O) groups excluding carboxylic acids is 1. The summed E-state index contributed by atoms with van der Waals surface area (Å²) < 4.78 is 5.14. The summed E-state index contributed by atoms with van der Waals surface area (Å²) in [5.74, 6) is -1.03. The lowest BCUT2D eigenvalue weighted by atomic mass is 10.1. The smallest absolute Gasteiger partial charge is 0.257 e. The van der Waals surface area contributed by atoms with Crippen molar-refractivity contribution in [3.63, 3.8) is 0 Å². The number of amides is 1. The van der Waals surface area contributed by atoms with E-state index in [4.69, 9.17) is 4.74 Å². The Kier molecular flexibility index (Phi) is 4.78. The van der Waals surface area contributed by atoms with Crippen molar-refractivity contribution >= 4 is 5.91 Å². The van der Waals surface area contributed by atoms with Crippen LogP contribution in [0.15, 0.2) is 18.2 Å². The van der Waals surface area contributed by atoms with Gasteiger partial charge in [-0.1, -0.05) is 6.07 Å². The average molecular weight is 239 g/mol. The van der Waals surface area contributed by atoms with Crippen LogP contribution in [-0.4, -0.2) is 47.8 Å². The van der Waals surface area contributed by atoms with Gasteiger partial charge < -0.3 is 19.8 Å². The molecule has 0 aromatic heterocycles. The zero-order valence-electron chi connectivity index (χ0n) is 10.0. The first-order valence-corrected chi connectivity index (χ1v) is 5.42. The van der Waals surface area contributed by atoms with Crippen molar-refractivity contribution in [2.24, 2.45) is 0 Å². The average Bonchev–Trinajstić information content (AvgIpc) is 2.32. The Labute approximate surface area is 100 Å². The highest BCUT2D eigenvalue weighted by Crippen LogP contribution is 2.28. The van der Waals surface area contributed by atoms with E-state index in [0.717, 1.165) is 0 Å². The van der Waals surface area contributed by atoms with E-state index in [1.54, 1.807) is 7.05 Å². The van der Waals surface area contributed by atoms with Crippen LogP contribution in [0.5, 0.6) is 11.5 Å². The number of likely N-dealkylation sites (N-methyl/N-ethyl adjacent to an activating group) is 1. The highest BCUT2D eigenvalue weighted by Gasteiger charge is 2.17. The molecule has 0 aliphatic carbocycles. The monoisotopic (exact) mass is 239 g/mol. The Morgan fingerprint density at radius 1 is 1.41 bits per heavy atom. The Bertz CT molecular complexity index is 392. The number of phenols is 2. The van der Waals surface area contributed by atoms with E-state index < -0.39 is 0 Å². The fourth-order valence-electron chi connectivity index (χ4n) is 1.36. The van der Waals surface area contributed by atoms with Gasteiger partial charge in [0.05, 0.1) is 12.2 Å². The first-order chi connectivity index (χ1) is 8.07. The molecule has 0 unspecified atom stereocenters. The van der Waals surface area contributed by atoms with Gasteiger partial charge in [-0.2, -0.15) is 0 Å². The summed E-state index contributed by atoms with van der Waals surface area (Å²) in [5, 5.41) is 18.9. The molecule has 0 fully saturated rings. The fraction of sp³-hybridized carbons (Fsp3) is 0.417. The van der Waals surface area contributed by atoms with Crippen LogP contribution in [0.1, 0.15) is 17.3 Å². The molecule has 1 aromatic carbocycles. The molecular weight excluding hydrogens is 222 g/mol. The molecule has 0 radical (unpaired) electrons. The number of phenolic OH excluding ortho intramolecular Hbond substituents is 2. The summed E-state index contributed by atoms with van der Waals surface area (Å²) in [6.07, 6.45) is 0. The molecule has 1 aromatic rings. The van der Waals surface area contributed by atoms with E-state index in [0.29, 0.717) is 19.8 Å². The predicted octanol–water partition coefficient (Wildman–Crippen LogP) is 1.21. The molecule has 1 amide bonds. The van der Waals surface area contributed by atoms with E-state index >= 15 is 0 Å². The largest absolute Gasteiger partial charge is 0.504 e. The van der Waals surface area contributed by atoms with Crippen LogP contribution < -0.4 is 0 Å². The van der Waals surface area contributed by atoms with Gasteiger partial charge in [-0.25, -0.2) is 0 Å². The van der Waals surface area contributed by atoms with Crippen LogP contribution in [0.2, 0.25) is 0 Å².